The summed E-state index contributed by atoms with van der Waals surface area (Å²) in [4.78, 5) is 3.68. The molecule has 2 heterocycles. The van der Waals surface area contributed by atoms with Crippen molar-refractivity contribution < 1.29 is 4.74 Å². The lowest BCUT2D eigenvalue weighted by Gasteiger charge is -2.26. The number of hydrogen-bond donors (Lipinski definition) is 1. The van der Waals surface area contributed by atoms with Gasteiger partial charge in [0.1, 0.15) is 0 Å². The van der Waals surface area contributed by atoms with Gasteiger partial charge in [0.05, 0.1) is 12.1 Å². The largest absolute Gasteiger partial charge is 0.377 e. The van der Waals surface area contributed by atoms with Gasteiger partial charge in [0.2, 0.25) is 0 Å². The van der Waals surface area contributed by atoms with Gasteiger partial charge in [-0.2, -0.15) is 0 Å². The van der Waals surface area contributed by atoms with Crippen LogP contribution in [0.3, 0.4) is 0 Å². The molecule has 1 aliphatic rings. The van der Waals surface area contributed by atoms with E-state index in [0.717, 1.165) is 26.2 Å². The van der Waals surface area contributed by atoms with Gasteiger partial charge < -0.3 is 10.5 Å². The van der Waals surface area contributed by atoms with E-state index in [2.05, 4.69) is 29.3 Å². The maximum atomic E-state index is 6.22. The van der Waals surface area contributed by atoms with Gasteiger partial charge in [0, 0.05) is 24.6 Å². The highest BCUT2D eigenvalue weighted by atomic mass is 32.1. The van der Waals surface area contributed by atoms with Gasteiger partial charge in [-0.15, -0.1) is 11.3 Å². The van der Waals surface area contributed by atoms with Crippen molar-refractivity contribution in [1.29, 1.82) is 0 Å². The molecule has 2 unspecified atom stereocenters. The molecular formula is C13H22N2OS. The number of nitrogens with two attached hydrogens (primary N) is 1. The Bertz CT molecular complexity index is 309. The SMILES string of the molecule is CCN(CC1CCCO1)CC(N)c1cccs1. The first-order chi connectivity index (χ1) is 8.29. The fourth-order valence-corrected chi connectivity index (χ4v) is 3.00. The molecule has 2 atom stereocenters. The van der Waals surface area contributed by atoms with E-state index in [1.54, 1.807) is 11.3 Å². The van der Waals surface area contributed by atoms with Crippen LogP contribution in [0, 0.1) is 0 Å². The molecule has 2 rings (SSSR count). The van der Waals surface area contributed by atoms with E-state index in [4.69, 9.17) is 10.5 Å². The Morgan fingerprint density at radius 3 is 3.12 bits per heavy atom. The van der Waals surface area contributed by atoms with Crippen LogP contribution in [-0.2, 0) is 4.74 Å². The number of likely N-dealkylation sites (N-methyl/N-ethyl adjacent to an activating group) is 1. The molecule has 96 valence electrons. The van der Waals surface area contributed by atoms with Crippen molar-refractivity contribution in [3.8, 4) is 0 Å². The minimum absolute atomic E-state index is 0.136. The average molecular weight is 254 g/mol. The van der Waals surface area contributed by atoms with Crippen LogP contribution in [0.1, 0.15) is 30.7 Å². The Morgan fingerprint density at radius 2 is 2.53 bits per heavy atom. The van der Waals surface area contributed by atoms with Crippen molar-refractivity contribution in [3.63, 3.8) is 0 Å². The molecule has 1 saturated heterocycles. The van der Waals surface area contributed by atoms with Gasteiger partial charge in [0.15, 0.2) is 0 Å². The number of thiophene rings is 1. The molecule has 0 radical (unpaired) electrons. The highest BCUT2D eigenvalue weighted by Gasteiger charge is 2.20. The number of rotatable bonds is 6. The second-order valence-electron chi connectivity index (χ2n) is 4.61. The van der Waals surface area contributed by atoms with Gasteiger partial charge in [-0.25, -0.2) is 0 Å². The van der Waals surface area contributed by atoms with E-state index in [9.17, 15) is 0 Å². The molecule has 0 spiro atoms. The molecular weight excluding hydrogens is 232 g/mol. The van der Waals surface area contributed by atoms with Crippen LogP contribution in [0.2, 0.25) is 0 Å². The Labute approximate surface area is 108 Å². The van der Waals surface area contributed by atoms with Crippen LogP contribution < -0.4 is 5.73 Å². The minimum atomic E-state index is 0.136. The predicted octanol–water partition coefficient (Wildman–Crippen LogP) is 2.25. The molecule has 4 heteroatoms. The summed E-state index contributed by atoms with van der Waals surface area (Å²) in [6, 6.07) is 4.32. The molecule has 0 aromatic carbocycles. The Balaban J connectivity index is 1.81. The van der Waals surface area contributed by atoms with E-state index in [1.807, 2.05) is 0 Å². The van der Waals surface area contributed by atoms with Crippen molar-refractivity contribution >= 4 is 11.3 Å². The second-order valence-corrected chi connectivity index (χ2v) is 5.59. The van der Waals surface area contributed by atoms with Gasteiger partial charge >= 0.3 is 0 Å². The Morgan fingerprint density at radius 1 is 1.65 bits per heavy atom. The molecule has 1 aromatic rings. The fourth-order valence-electron chi connectivity index (χ4n) is 2.28. The number of ether oxygens (including phenoxy) is 1. The van der Waals surface area contributed by atoms with Crippen molar-refractivity contribution in [1.82, 2.24) is 4.90 Å². The van der Waals surface area contributed by atoms with Crippen LogP contribution in [-0.4, -0.2) is 37.2 Å². The van der Waals surface area contributed by atoms with E-state index in [1.165, 1.54) is 17.7 Å². The lowest BCUT2D eigenvalue weighted by Crippen LogP contribution is -2.37. The second kappa shape index (κ2) is 6.50. The summed E-state index contributed by atoms with van der Waals surface area (Å²) in [5, 5.41) is 2.09. The molecule has 0 amide bonds. The quantitative estimate of drug-likeness (QED) is 0.846. The van der Waals surface area contributed by atoms with Crippen molar-refractivity contribution in [2.75, 3.05) is 26.2 Å². The van der Waals surface area contributed by atoms with Crippen molar-refractivity contribution in [2.45, 2.75) is 31.9 Å². The predicted molar refractivity (Wildman–Crippen MR) is 72.3 cm³/mol. The van der Waals surface area contributed by atoms with E-state index < -0.39 is 0 Å². The third-order valence-electron chi connectivity index (χ3n) is 3.30. The molecule has 1 aromatic heterocycles. The zero-order chi connectivity index (χ0) is 12.1. The van der Waals surface area contributed by atoms with E-state index in [0.29, 0.717) is 6.10 Å². The molecule has 0 saturated carbocycles. The topological polar surface area (TPSA) is 38.5 Å². The Kier molecular flexibility index (Phi) is 4.98. The van der Waals surface area contributed by atoms with Crippen molar-refractivity contribution in [3.05, 3.63) is 22.4 Å². The molecule has 17 heavy (non-hydrogen) atoms. The molecule has 3 nitrogen and oxygen atoms in total. The first kappa shape index (κ1) is 13.0. The average Bonchev–Trinajstić information content (AvgIpc) is 3.00. The third-order valence-corrected chi connectivity index (χ3v) is 4.30. The van der Waals surface area contributed by atoms with Crippen LogP contribution >= 0.6 is 11.3 Å². The van der Waals surface area contributed by atoms with E-state index >= 15 is 0 Å². The first-order valence-corrected chi connectivity index (χ1v) is 7.30. The lowest BCUT2D eigenvalue weighted by molar-refractivity contribution is 0.0730. The van der Waals surface area contributed by atoms with Crippen molar-refractivity contribution in [2.24, 2.45) is 5.73 Å². The van der Waals surface area contributed by atoms with E-state index in [-0.39, 0.29) is 6.04 Å². The highest BCUT2D eigenvalue weighted by molar-refractivity contribution is 7.10. The summed E-state index contributed by atoms with van der Waals surface area (Å²) in [5.41, 5.74) is 6.22. The number of nitrogens with zero attached hydrogens (tertiary/aromatic N) is 1. The van der Waals surface area contributed by atoms with Crippen LogP contribution in [0.15, 0.2) is 17.5 Å². The summed E-state index contributed by atoms with van der Waals surface area (Å²) >= 11 is 1.74. The van der Waals surface area contributed by atoms with Crippen LogP contribution in [0.4, 0.5) is 0 Å². The van der Waals surface area contributed by atoms with Gasteiger partial charge in [-0.05, 0) is 30.8 Å². The van der Waals surface area contributed by atoms with Crippen LogP contribution in [0.5, 0.6) is 0 Å². The standard InChI is InChI=1S/C13H22N2OS/c1-2-15(9-11-5-3-7-16-11)10-12(14)13-6-4-8-17-13/h4,6,8,11-12H,2-3,5,7,9-10,14H2,1H3. The highest BCUT2D eigenvalue weighted by Crippen LogP contribution is 2.19. The maximum absolute atomic E-state index is 6.22. The summed E-state index contributed by atoms with van der Waals surface area (Å²) < 4.78 is 5.68. The minimum Gasteiger partial charge on any atom is -0.377 e. The monoisotopic (exact) mass is 254 g/mol. The molecule has 1 fully saturated rings. The zero-order valence-electron chi connectivity index (χ0n) is 10.5. The maximum Gasteiger partial charge on any atom is 0.0702 e. The molecule has 1 aliphatic heterocycles. The summed E-state index contributed by atoms with van der Waals surface area (Å²) in [6.45, 7) is 6.11. The van der Waals surface area contributed by atoms with Gasteiger partial charge in [-0.3, -0.25) is 4.90 Å². The first-order valence-electron chi connectivity index (χ1n) is 6.42. The lowest BCUT2D eigenvalue weighted by atomic mass is 10.2. The smallest absolute Gasteiger partial charge is 0.0702 e. The zero-order valence-corrected chi connectivity index (χ0v) is 11.3. The van der Waals surface area contributed by atoms with Gasteiger partial charge in [-0.1, -0.05) is 13.0 Å². The third kappa shape index (κ3) is 3.78. The molecule has 0 bridgehead atoms. The summed E-state index contributed by atoms with van der Waals surface area (Å²) in [7, 11) is 0. The number of hydrogen-bond acceptors (Lipinski definition) is 4. The van der Waals surface area contributed by atoms with Crippen LogP contribution in [0.25, 0.3) is 0 Å². The normalized spacial score (nSPS) is 22.2. The summed E-state index contributed by atoms with van der Waals surface area (Å²) in [6.07, 6.45) is 2.83. The Hall–Kier alpha value is -0.420. The summed E-state index contributed by atoms with van der Waals surface area (Å²) in [5.74, 6) is 0. The fraction of sp³-hybridized carbons (Fsp3) is 0.692. The van der Waals surface area contributed by atoms with Gasteiger partial charge in [0.25, 0.3) is 0 Å². The molecule has 2 N–H and O–H groups in total. The molecule has 0 aliphatic carbocycles.